The molecule has 7 heteroatoms. The standard InChI is InChI=1S/C17H21N3O3S/c1-22-12-4-5-15(23-2)11(8-12)9-20-7-6-14-13(10-20)16(21)19-17(18-14)24-3/h4-5,8H,6-7,9-10H2,1-3H3,(H,18,19,21). The van der Waals surface area contributed by atoms with Gasteiger partial charge in [-0.2, -0.15) is 0 Å². The van der Waals surface area contributed by atoms with Gasteiger partial charge in [0.25, 0.3) is 5.56 Å². The molecule has 0 fully saturated rings. The van der Waals surface area contributed by atoms with Gasteiger partial charge in [-0.1, -0.05) is 11.8 Å². The van der Waals surface area contributed by atoms with Crippen molar-refractivity contribution in [2.75, 3.05) is 27.0 Å². The Labute approximate surface area is 145 Å². The molecule has 1 aliphatic heterocycles. The van der Waals surface area contributed by atoms with Crippen LogP contribution in [0.25, 0.3) is 0 Å². The van der Waals surface area contributed by atoms with Crippen molar-refractivity contribution in [3.05, 3.63) is 45.4 Å². The van der Waals surface area contributed by atoms with Gasteiger partial charge in [0.05, 0.1) is 25.5 Å². The van der Waals surface area contributed by atoms with E-state index in [1.807, 2.05) is 24.5 Å². The number of hydrogen-bond donors (Lipinski definition) is 1. The summed E-state index contributed by atoms with van der Waals surface area (Å²) in [7, 11) is 3.31. The molecule has 6 nitrogen and oxygen atoms in total. The highest BCUT2D eigenvalue weighted by Gasteiger charge is 2.22. The molecule has 0 amide bonds. The molecule has 2 heterocycles. The summed E-state index contributed by atoms with van der Waals surface area (Å²) in [5.41, 5.74) is 2.69. The molecule has 1 aromatic carbocycles. The zero-order valence-corrected chi connectivity index (χ0v) is 14.9. The molecular weight excluding hydrogens is 326 g/mol. The molecule has 1 aliphatic rings. The van der Waals surface area contributed by atoms with E-state index in [4.69, 9.17) is 9.47 Å². The zero-order valence-electron chi connectivity index (χ0n) is 14.1. The third-order valence-corrected chi connectivity index (χ3v) is 4.78. The highest BCUT2D eigenvalue weighted by Crippen LogP contribution is 2.27. The monoisotopic (exact) mass is 347 g/mol. The number of ether oxygens (including phenoxy) is 2. The zero-order chi connectivity index (χ0) is 17.1. The predicted molar refractivity (Wildman–Crippen MR) is 94.0 cm³/mol. The van der Waals surface area contributed by atoms with Crippen LogP contribution in [0.4, 0.5) is 0 Å². The van der Waals surface area contributed by atoms with Crippen molar-refractivity contribution in [1.29, 1.82) is 0 Å². The van der Waals surface area contributed by atoms with Crippen molar-refractivity contribution in [2.24, 2.45) is 0 Å². The van der Waals surface area contributed by atoms with E-state index < -0.39 is 0 Å². The molecule has 1 N–H and O–H groups in total. The van der Waals surface area contributed by atoms with Gasteiger partial charge in [0, 0.05) is 31.6 Å². The maximum atomic E-state index is 12.3. The molecule has 0 saturated carbocycles. The van der Waals surface area contributed by atoms with Crippen molar-refractivity contribution in [1.82, 2.24) is 14.9 Å². The summed E-state index contributed by atoms with van der Waals surface area (Å²) in [5.74, 6) is 1.62. The molecule has 2 aromatic rings. The minimum absolute atomic E-state index is 0.0355. The molecule has 0 radical (unpaired) electrons. The number of methoxy groups -OCH3 is 2. The van der Waals surface area contributed by atoms with Gasteiger partial charge in [0.2, 0.25) is 0 Å². The summed E-state index contributed by atoms with van der Waals surface area (Å²) in [5, 5.41) is 0.682. The van der Waals surface area contributed by atoms with Gasteiger partial charge in [-0.3, -0.25) is 9.69 Å². The first-order valence-corrected chi connectivity index (χ1v) is 8.96. The Hall–Kier alpha value is -1.99. The molecule has 0 saturated heterocycles. The smallest absolute Gasteiger partial charge is 0.256 e. The second kappa shape index (κ2) is 7.27. The van der Waals surface area contributed by atoms with E-state index in [1.54, 1.807) is 14.2 Å². The summed E-state index contributed by atoms with van der Waals surface area (Å²) >= 11 is 1.46. The number of aromatic nitrogens is 2. The Balaban J connectivity index is 1.83. The average molecular weight is 347 g/mol. The van der Waals surface area contributed by atoms with Crippen molar-refractivity contribution >= 4 is 11.8 Å². The Morgan fingerprint density at radius 3 is 2.88 bits per heavy atom. The molecular formula is C17H21N3O3S. The molecule has 0 unspecified atom stereocenters. The first kappa shape index (κ1) is 16.9. The van der Waals surface area contributed by atoms with Crippen molar-refractivity contribution < 1.29 is 9.47 Å². The highest BCUT2D eigenvalue weighted by atomic mass is 32.2. The third-order valence-electron chi connectivity index (χ3n) is 4.20. The Morgan fingerprint density at radius 1 is 1.33 bits per heavy atom. The van der Waals surface area contributed by atoms with Crippen LogP contribution >= 0.6 is 11.8 Å². The van der Waals surface area contributed by atoms with E-state index in [1.165, 1.54) is 11.8 Å². The normalized spacial score (nSPS) is 14.3. The van der Waals surface area contributed by atoms with Crippen LogP contribution < -0.4 is 15.0 Å². The van der Waals surface area contributed by atoms with Crippen LogP contribution in [0.1, 0.15) is 16.8 Å². The van der Waals surface area contributed by atoms with Gasteiger partial charge in [-0.25, -0.2) is 4.98 Å². The number of nitrogens with zero attached hydrogens (tertiary/aromatic N) is 2. The molecule has 128 valence electrons. The van der Waals surface area contributed by atoms with Gasteiger partial charge in [0.15, 0.2) is 5.16 Å². The summed E-state index contributed by atoms with van der Waals surface area (Å²) in [4.78, 5) is 21.9. The average Bonchev–Trinajstić information content (AvgIpc) is 2.61. The quantitative estimate of drug-likeness (QED) is 0.660. The topological polar surface area (TPSA) is 67.5 Å². The van der Waals surface area contributed by atoms with Gasteiger partial charge < -0.3 is 14.5 Å². The molecule has 24 heavy (non-hydrogen) atoms. The molecule has 0 atom stereocenters. The molecule has 0 bridgehead atoms. The number of aromatic amines is 1. The third kappa shape index (κ3) is 3.42. The lowest BCUT2D eigenvalue weighted by atomic mass is 10.1. The van der Waals surface area contributed by atoms with Gasteiger partial charge >= 0.3 is 0 Å². The molecule has 1 aromatic heterocycles. The van der Waals surface area contributed by atoms with Crippen LogP contribution in [0.15, 0.2) is 28.2 Å². The number of fused-ring (bicyclic) bond motifs is 1. The lowest BCUT2D eigenvalue weighted by Crippen LogP contribution is -2.35. The van der Waals surface area contributed by atoms with Gasteiger partial charge in [0.1, 0.15) is 11.5 Å². The summed E-state index contributed by atoms with van der Waals surface area (Å²) < 4.78 is 10.7. The Kier molecular flexibility index (Phi) is 5.11. The fourth-order valence-corrected chi connectivity index (χ4v) is 3.33. The number of H-pyrrole nitrogens is 1. The molecule has 0 spiro atoms. The van der Waals surface area contributed by atoms with E-state index in [0.717, 1.165) is 41.3 Å². The number of thioether (sulfide) groups is 1. The van der Waals surface area contributed by atoms with Crippen LogP contribution in [-0.2, 0) is 19.5 Å². The van der Waals surface area contributed by atoms with E-state index >= 15 is 0 Å². The predicted octanol–water partition coefficient (Wildman–Crippen LogP) is 2.07. The van der Waals surface area contributed by atoms with Crippen molar-refractivity contribution in [3.63, 3.8) is 0 Å². The van der Waals surface area contributed by atoms with E-state index in [2.05, 4.69) is 14.9 Å². The van der Waals surface area contributed by atoms with Crippen LogP contribution in [0.3, 0.4) is 0 Å². The minimum atomic E-state index is -0.0355. The van der Waals surface area contributed by atoms with E-state index in [9.17, 15) is 4.79 Å². The Morgan fingerprint density at radius 2 is 2.17 bits per heavy atom. The summed E-state index contributed by atoms with van der Waals surface area (Å²) in [6.07, 6.45) is 2.69. The second-order valence-electron chi connectivity index (χ2n) is 5.64. The maximum absolute atomic E-state index is 12.3. The number of benzene rings is 1. The Bertz CT molecular complexity index is 791. The molecule has 0 aliphatic carbocycles. The lowest BCUT2D eigenvalue weighted by molar-refractivity contribution is 0.237. The number of nitrogens with one attached hydrogen (secondary N) is 1. The molecule has 3 rings (SSSR count). The van der Waals surface area contributed by atoms with Crippen LogP contribution in [0.2, 0.25) is 0 Å². The van der Waals surface area contributed by atoms with Crippen LogP contribution in [-0.4, -0.2) is 41.9 Å². The number of hydrogen-bond acceptors (Lipinski definition) is 6. The minimum Gasteiger partial charge on any atom is -0.497 e. The fourth-order valence-electron chi connectivity index (χ4n) is 2.94. The van der Waals surface area contributed by atoms with Crippen molar-refractivity contribution in [3.8, 4) is 11.5 Å². The van der Waals surface area contributed by atoms with Crippen LogP contribution in [0.5, 0.6) is 11.5 Å². The summed E-state index contributed by atoms with van der Waals surface area (Å²) in [6.45, 7) is 2.15. The van der Waals surface area contributed by atoms with Gasteiger partial charge in [-0.15, -0.1) is 0 Å². The summed E-state index contributed by atoms with van der Waals surface area (Å²) in [6, 6.07) is 5.77. The van der Waals surface area contributed by atoms with Gasteiger partial charge in [-0.05, 0) is 24.5 Å². The highest BCUT2D eigenvalue weighted by molar-refractivity contribution is 7.98. The second-order valence-corrected chi connectivity index (χ2v) is 6.43. The van der Waals surface area contributed by atoms with E-state index in [-0.39, 0.29) is 5.56 Å². The lowest BCUT2D eigenvalue weighted by Gasteiger charge is -2.28. The van der Waals surface area contributed by atoms with Crippen molar-refractivity contribution in [2.45, 2.75) is 24.7 Å². The number of rotatable bonds is 5. The maximum Gasteiger partial charge on any atom is 0.256 e. The first-order chi connectivity index (χ1) is 11.6. The largest absolute Gasteiger partial charge is 0.497 e. The van der Waals surface area contributed by atoms with Crippen LogP contribution in [0, 0.1) is 0 Å². The SMILES string of the molecule is COc1ccc(OC)c(CN2CCc3nc(SC)[nH]c(=O)c3C2)c1. The van der Waals surface area contributed by atoms with E-state index in [0.29, 0.717) is 18.2 Å². The first-order valence-electron chi connectivity index (χ1n) is 7.74. The fraction of sp³-hybridized carbons (Fsp3) is 0.412.